The fraction of sp³-hybridized carbons (Fsp3) is 0.318. The zero-order chi connectivity index (χ0) is 20.8. The molecule has 1 amide bonds. The van der Waals surface area contributed by atoms with Crippen LogP contribution in [0.1, 0.15) is 37.0 Å². The molecule has 1 heterocycles. The second-order valence-electron chi connectivity index (χ2n) is 6.81. The van der Waals surface area contributed by atoms with Crippen LogP contribution >= 0.6 is 23.4 Å². The molecule has 152 valence electrons. The molecule has 0 spiro atoms. The SMILES string of the molecule is CC(=O)c1ccc(OCCCC(=O)N(C2=N[C@H](C)CS2)c2ccc(Cl)cc2)cc1. The van der Waals surface area contributed by atoms with Crippen molar-refractivity contribution in [1.29, 1.82) is 0 Å². The lowest BCUT2D eigenvalue weighted by molar-refractivity contribution is -0.117. The maximum Gasteiger partial charge on any atom is 0.233 e. The molecule has 0 aliphatic carbocycles. The normalized spacial score (nSPS) is 15.7. The minimum atomic E-state index is -0.0248. The highest BCUT2D eigenvalue weighted by Crippen LogP contribution is 2.27. The Hall–Kier alpha value is -2.31. The smallest absolute Gasteiger partial charge is 0.233 e. The lowest BCUT2D eigenvalue weighted by Gasteiger charge is -2.22. The number of nitrogens with zero attached hydrogens (tertiary/aromatic N) is 2. The third kappa shape index (κ3) is 5.84. The molecule has 0 bridgehead atoms. The average molecular weight is 431 g/mol. The summed E-state index contributed by atoms with van der Waals surface area (Å²) in [6.45, 7) is 3.98. The number of rotatable bonds is 7. The molecular weight excluding hydrogens is 408 g/mol. The molecule has 0 aromatic heterocycles. The number of hydrogen-bond donors (Lipinski definition) is 0. The Morgan fingerprint density at radius 2 is 1.86 bits per heavy atom. The van der Waals surface area contributed by atoms with Crippen LogP contribution < -0.4 is 9.64 Å². The van der Waals surface area contributed by atoms with Crippen molar-refractivity contribution in [2.45, 2.75) is 32.7 Å². The summed E-state index contributed by atoms with van der Waals surface area (Å²) >= 11 is 7.58. The second-order valence-corrected chi connectivity index (χ2v) is 8.23. The molecule has 1 aliphatic heterocycles. The van der Waals surface area contributed by atoms with E-state index in [1.807, 2.05) is 19.1 Å². The van der Waals surface area contributed by atoms with E-state index in [1.165, 1.54) is 6.92 Å². The third-order valence-electron chi connectivity index (χ3n) is 4.37. The van der Waals surface area contributed by atoms with Crippen molar-refractivity contribution in [3.8, 4) is 5.75 Å². The molecule has 1 aliphatic rings. The van der Waals surface area contributed by atoms with Gasteiger partial charge >= 0.3 is 0 Å². The quantitative estimate of drug-likeness (QED) is 0.446. The van der Waals surface area contributed by atoms with Gasteiger partial charge in [0.05, 0.1) is 18.3 Å². The summed E-state index contributed by atoms with van der Waals surface area (Å²) in [5.41, 5.74) is 1.41. The molecule has 29 heavy (non-hydrogen) atoms. The van der Waals surface area contributed by atoms with E-state index in [0.29, 0.717) is 35.8 Å². The molecule has 5 nitrogen and oxygen atoms in total. The number of hydrogen-bond acceptors (Lipinski definition) is 5. The second kappa shape index (κ2) is 9.94. The summed E-state index contributed by atoms with van der Waals surface area (Å²) in [7, 11) is 0. The Morgan fingerprint density at radius 1 is 1.17 bits per heavy atom. The van der Waals surface area contributed by atoms with E-state index < -0.39 is 0 Å². The summed E-state index contributed by atoms with van der Waals surface area (Å²) in [4.78, 5) is 30.6. The number of amidine groups is 1. The number of anilines is 1. The number of benzene rings is 2. The first-order valence-corrected chi connectivity index (χ1v) is 10.8. The van der Waals surface area contributed by atoms with Crippen LogP contribution in [0.3, 0.4) is 0 Å². The van der Waals surface area contributed by atoms with Crippen molar-refractivity contribution in [1.82, 2.24) is 0 Å². The summed E-state index contributed by atoms with van der Waals surface area (Å²) in [6, 6.07) is 14.4. The Kier molecular flexibility index (Phi) is 7.34. The van der Waals surface area contributed by atoms with Gasteiger partial charge in [-0.2, -0.15) is 0 Å². The number of aliphatic imine (C=N–C) groups is 1. The fourth-order valence-corrected chi connectivity index (χ4v) is 4.02. The predicted molar refractivity (Wildman–Crippen MR) is 119 cm³/mol. The third-order valence-corrected chi connectivity index (χ3v) is 5.82. The highest BCUT2D eigenvalue weighted by molar-refractivity contribution is 8.14. The molecule has 0 saturated carbocycles. The molecule has 0 radical (unpaired) electrons. The van der Waals surface area contributed by atoms with Gasteiger partial charge in [-0.25, -0.2) is 0 Å². The van der Waals surface area contributed by atoms with Crippen LogP contribution in [-0.2, 0) is 4.79 Å². The largest absolute Gasteiger partial charge is 0.494 e. The Morgan fingerprint density at radius 3 is 2.45 bits per heavy atom. The number of thioether (sulfide) groups is 1. The Balaban J connectivity index is 1.59. The van der Waals surface area contributed by atoms with E-state index >= 15 is 0 Å². The summed E-state index contributed by atoms with van der Waals surface area (Å²) in [5, 5.41) is 1.35. The molecule has 1 atom stereocenters. The maximum absolute atomic E-state index is 13.0. The van der Waals surface area contributed by atoms with Gasteiger partial charge in [-0.1, -0.05) is 23.4 Å². The van der Waals surface area contributed by atoms with Gasteiger partial charge in [-0.3, -0.25) is 19.5 Å². The van der Waals surface area contributed by atoms with Crippen molar-refractivity contribution in [2.24, 2.45) is 4.99 Å². The summed E-state index contributed by atoms with van der Waals surface area (Å²) < 4.78 is 5.70. The van der Waals surface area contributed by atoms with E-state index in [1.54, 1.807) is 53.1 Å². The van der Waals surface area contributed by atoms with E-state index in [-0.39, 0.29) is 17.7 Å². The van der Waals surface area contributed by atoms with Crippen molar-refractivity contribution in [3.05, 3.63) is 59.1 Å². The molecule has 0 fully saturated rings. The standard InChI is InChI=1S/C22H23ClN2O3S/c1-15-14-29-22(24-15)25(19-9-7-18(23)8-10-19)21(27)4-3-13-28-20-11-5-17(6-12-20)16(2)26/h5-12,15H,3-4,13-14H2,1-2H3/t15-/m1/s1. The topological polar surface area (TPSA) is 59.0 Å². The highest BCUT2D eigenvalue weighted by Gasteiger charge is 2.26. The summed E-state index contributed by atoms with van der Waals surface area (Å²) in [6.07, 6.45) is 0.910. The molecule has 2 aromatic carbocycles. The average Bonchev–Trinajstić information content (AvgIpc) is 3.13. The van der Waals surface area contributed by atoms with Crippen LogP contribution in [0.5, 0.6) is 5.75 Å². The summed E-state index contributed by atoms with van der Waals surface area (Å²) in [5.74, 6) is 1.54. The van der Waals surface area contributed by atoms with Crippen LogP contribution in [0.15, 0.2) is 53.5 Å². The van der Waals surface area contributed by atoms with Gasteiger partial charge in [0.25, 0.3) is 0 Å². The van der Waals surface area contributed by atoms with E-state index in [2.05, 4.69) is 4.99 Å². The molecule has 0 N–H and O–H groups in total. The fourth-order valence-electron chi connectivity index (χ4n) is 2.84. The van der Waals surface area contributed by atoms with Gasteiger partial charge in [0.1, 0.15) is 5.75 Å². The monoisotopic (exact) mass is 430 g/mol. The first-order chi connectivity index (χ1) is 13.9. The van der Waals surface area contributed by atoms with Crippen molar-refractivity contribution < 1.29 is 14.3 Å². The van der Waals surface area contributed by atoms with Gasteiger partial charge in [0.15, 0.2) is 11.0 Å². The van der Waals surface area contributed by atoms with Crippen LogP contribution in [0.4, 0.5) is 5.69 Å². The first-order valence-electron chi connectivity index (χ1n) is 9.47. The molecule has 7 heteroatoms. The first kappa shape index (κ1) is 21.4. The van der Waals surface area contributed by atoms with Crippen molar-refractivity contribution >= 4 is 45.9 Å². The van der Waals surface area contributed by atoms with Crippen molar-refractivity contribution in [3.63, 3.8) is 0 Å². The van der Waals surface area contributed by atoms with Crippen molar-refractivity contribution in [2.75, 3.05) is 17.3 Å². The van der Waals surface area contributed by atoms with Gasteiger partial charge in [0.2, 0.25) is 5.91 Å². The number of amides is 1. The van der Waals surface area contributed by atoms with Crippen LogP contribution in [0.25, 0.3) is 0 Å². The lowest BCUT2D eigenvalue weighted by Crippen LogP contribution is -2.34. The van der Waals surface area contributed by atoms with Crippen LogP contribution in [-0.4, -0.2) is 35.3 Å². The maximum atomic E-state index is 13.0. The van der Waals surface area contributed by atoms with Gasteiger partial charge < -0.3 is 4.74 Å². The molecular formula is C22H23ClN2O3S. The van der Waals surface area contributed by atoms with Crippen LogP contribution in [0, 0.1) is 0 Å². The predicted octanol–water partition coefficient (Wildman–Crippen LogP) is 5.23. The van der Waals surface area contributed by atoms with E-state index in [0.717, 1.165) is 16.6 Å². The van der Waals surface area contributed by atoms with Crippen LogP contribution in [0.2, 0.25) is 5.02 Å². The molecule has 0 unspecified atom stereocenters. The molecule has 2 aromatic rings. The number of Topliss-reactive ketones (excluding diaryl/α,β-unsaturated/α-hetero) is 1. The Bertz CT molecular complexity index is 897. The Labute approximate surface area is 180 Å². The van der Waals surface area contributed by atoms with Gasteiger partial charge in [0, 0.05) is 22.8 Å². The lowest BCUT2D eigenvalue weighted by atomic mass is 10.1. The number of ether oxygens (including phenoxy) is 1. The minimum absolute atomic E-state index is 0.0199. The zero-order valence-electron chi connectivity index (χ0n) is 16.4. The van der Waals surface area contributed by atoms with Gasteiger partial charge in [-0.15, -0.1) is 0 Å². The number of carbonyl (C=O) groups is 2. The molecule has 3 rings (SSSR count). The van der Waals surface area contributed by atoms with E-state index in [9.17, 15) is 9.59 Å². The van der Waals surface area contributed by atoms with E-state index in [4.69, 9.17) is 16.3 Å². The highest BCUT2D eigenvalue weighted by atomic mass is 35.5. The number of carbonyl (C=O) groups excluding carboxylic acids is 2. The van der Waals surface area contributed by atoms with Gasteiger partial charge in [-0.05, 0) is 68.8 Å². The number of ketones is 1. The zero-order valence-corrected chi connectivity index (χ0v) is 18.0. The minimum Gasteiger partial charge on any atom is -0.494 e. The number of halogens is 1. The molecule has 0 saturated heterocycles.